The molecule has 0 aromatic rings. The summed E-state index contributed by atoms with van der Waals surface area (Å²) in [5, 5.41) is 0. The van der Waals surface area contributed by atoms with Crippen molar-refractivity contribution >= 4 is 5.97 Å². The molecule has 0 aliphatic carbocycles. The number of carbonyl (C=O) groups excluding carboxylic acids is 1. The first-order valence-corrected chi connectivity index (χ1v) is 7.46. The maximum Gasteiger partial charge on any atom is 0.323 e. The van der Waals surface area contributed by atoms with E-state index in [-0.39, 0.29) is 12.0 Å². The van der Waals surface area contributed by atoms with Crippen molar-refractivity contribution < 1.29 is 9.53 Å². The zero-order chi connectivity index (χ0) is 12.4. The largest absolute Gasteiger partial charge is 0.464 e. The number of cyclic esters (lactones) is 1. The van der Waals surface area contributed by atoms with E-state index in [0.29, 0.717) is 6.61 Å². The number of piperidine rings is 1. The van der Waals surface area contributed by atoms with Gasteiger partial charge in [0.15, 0.2) is 0 Å². The molecule has 0 bridgehead atoms. The molecule has 0 unspecified atom stereocenters. The number of hydrogen-bond donors (Lipinski definition) is 0. The van der Waals surface area contributed by atoms with Crippen LogP contribution >= 0.6 is 0 Å². The Hall–Kier alpha value is -0.610. The molecule has 0 N–H and O–H groups in total. The van der Waals surface area contributed by atoms with Crippen LogP contribution in [0.3, 0.4) is 0 Å². The Morgan fingerprint density at radius 1 is 1.06 bits per heavy atom. The zero-order valence-corrected chi connectivity index (χ0v) is 11.1. The highest BCUT2D eigenvalue weighted by molar-refractivity contribution is 5.77. The Balaban J connectivity index is 1.44. The van der Waals surface area contributed by atoms with Crippen LogP contribution in [0.25, 0.3) is 0 Å². The molecular formula is C14H24N2O2. The second-order valence-corrected chi connectivity index (χ2v) is 5.96. The maximum absolute atomic E-state index is 11.6. The molecule has 0 aromatic carbocycles. The Morgan fingerprint density at radius 2 is 1.78 bits per heavy atom. The van der Waals surface area contributed by atoms with E-state index in [1.165, 1.54) is 45.3 Å². The number of likely N-dealkylation sites (tertiary alicyclic amines) is 2. The topological polar surface area (TPSA) is 32.8 Å². The molecule has 0 amide bonds. The van der Waals surface area contributed by atoms with Gasteiger partial charge in [0.1, 0.15) is 6.04 Å². The van der Waals surface area contributed by atoms with Crippen molar-refractivity contribution in [2.75, 3.05) is 39.3 Å². The first kappa shape index (κ1) is 12.4. The van der Waals surface area contributed by atoms with Crippen molar-refractivity contribution in [1.29, 1.82) is 0 Å². The van der Waals surface area contributed by atoms with E-state index in [1.807, 2.05) is 0 Å². The minimum atomic E-state index is 0.00740. The second-order valence-electron chi connectivity index (χ2n) is 5.96. The van der Waals surface area contributed by atoms with E-state index in [0.717, 1.165) is 25.4 Å². The first-order chi connectivity index (χ1) is 8.83. The fraction of sp³-hybridized carbons (Fsp3) is 0.929. The quantitative estimate of drug-likeness (QED) is 0.705. The molecular weight excluding hydrogens is 228 g/mol. The van der Waals surface area contributed by atoms with Crippen LogP contribution in [0.2, 0.25) is 0 Å². The van der Waals surface area contributed by atoms with Crippen molar-refractivity contribution in [3.05, 3.63) is 0 Å². The van der Waals surface area contributed by atoms with Crippen molar-refractivity contribution in [2.24, 2.45) is 5.92 Å². The first-order valence-electron chi connectivity index (χ1n) is 7.46. The lowest BCUT2D eigenvalue weighted by Gasteiger charge is -2.35. The lowest BCUT2D eigenvalue weighted by atomic mass is 9.95. The molecule has 1 atom stereocenters. The summed E-state index contributed by atoms with van der Waals surface area (Å²) < 4.78 is 5.06. The van der Waals surface area contributed by atoms with Gasteiger partial charge in [-0.1, -0.05) is 0 Å². The number of carbonyl (C=O) groups is 1. The predicted molar refractivity (Wildman–Crippen MR) is 69.3 cm³/mol. The molecule has 18 heavy (non-hydrogen) atoms. The standard InChI is InChI=1S/C14H24N2O2/c17-14-13(5-10-18-14)16-8-3-12(4-9-16)11-15-6-1-2-7-15/h12-13H,1-11H2/t13-/m1/s1. The molecule has 0 aromatic heterocycles. The van der Waals surface area contributed by atoms with E-state index < -0.39 is 0 Å². The molecule has 0 spiro atoms. The lowest BCUT2D eigenvalue weighted by molar-refractivity contribution is -0.142. The third-order valence-corrected chi connectivity index (χ3v) is 4.71. The number of rotatable bonds is 3. The molecule has 102 valence electrons. The molecule has 3 saturated heterocycles. The van der Waals surface area contributed by atoms with Crippen LogP contribution in [0.15, 0.2) is 0 Å². The molecule has 4 nitrogen and oxygen atoms in total. The maximum atomic E-state index is 11.6. The summed E-state index contributed by atoms with van der Waals surface area (Å²) in [4.78, 5) is 16.5. The van der Waals surface area contributed by atoms with Gasteiger partial charge in [-0.3, -0.25) is 9.69 Å². The fourth-order valence-corrected chi connectivity index (χ4v) is 3.59. The molecule has 3 rings (SSSR count). The van der Waals surface area contributed by atoms with Gasteiger partial charge >= 0.3 is 5.97 Å². The Kier molecular flexibility index (Phi) is 3.85. The Bertz CT molecular complexity index is 294. The SMILES string of the molecule is O=C1OCC[C@H]1N1CCC(CN2CCCC2)CC1. The molecule has 0 radical (unpaired) electrons. The van der Waals surface area contributed by atoms with Gasteiger partial charge in [-0.05, 0) is 57.8 Å². The van der Waals surface area contributed by atoms with Gasteiger partial charge in [0.25, 0.3) is 0 Å². The Labute approximate surface area is 109 Å². The molecule has 3 aliphatic heterocycles. The number of ether oxygens (including phenoxy) is 1. The summed E-state index contributed by atoms with van der Waals surface area (Å²) in [5.74, 6) is 0.852. The van der Waals surface area contributed by atoms with Gasteiger partial charge in [0, 0.05) is 13.0 Å². The molecule has 0 saturated carbocycles. The summed E-state index contributed by atoms with van der Waals surface area (Å²) in [7, 11) is 0. The van der Waals surface area contributed by atoms with Crippen LogP contribution in [0, 0.1) is 5.92 Å². The van der Waals surface area contributed by atoms with E-state index in [9.17, 15) is 4.79 Å². The third-order valence-electron chi connectivity index (χ3n) is 4.71. The molecule has 3 fully saturated rings. The monoisotopic (exact) mass is 252 g/mol. The second kappa shape index (κ2) is 5.57. The van der Waals surface area contributed by atoms with E-state index in [2.05, 4.69) is 9.80 Å². The van der Waals surface area contributed by atoms with Gasteiger partial charge in [-0.25, -0.2) is 0 Å². The van der Waals surface area contributed by atoms with Gasteiger partial charge in [-0.15, -0.1) is 0 Å². The van der Waals surface area contributed by atoms with Crippen LogP contribution < -0.4 is 0 Å². The average Bonchev–Trinajstić information content (AvgIpc) is 3.02. The van der Waals surface area contributed by atoms with Crippen molar-refractivity contribution in [2.45, 2.75) is 38.1 Å². The van der Waals surface area contributed by atoms with Crippen molar-refractivity contribution in [1.82, 2.24) is 9.80 Å². The minimum Gasteiger partial charge on any atom is -0.464 e. The van der Waals surface area contributed by atoms with Crippen LogP contribution in [0.4, 0.5) is 0 Å². The Morgan fingerprint density at radius 3 is 2.39 bits per heavy atom. The van der Waals surface area contributed by atoms with Crippen molar-refractivity contribution in [3.63, 3.8) is 0 Å². The smallest absolute Gasteiger partial charge is 0.323 e. The number of hydrogen-bond acceptors (Lipinski definition) is 4. The summed E-state index contributed by atoms with van der Waals surface area (Å²) in [5.41, 5.74) is 0. The predicted octanol–water partition coefficient (Wildman–Crippen LogP) is 1.11. The lowest BCUT2D eigenvalue weighted by Crippen LogP contribution is -2.45. The highest BCUT2D eigenvalue weighted by Gasteiger charge is 2.34. The van der Waals surface area contributed by atoms with E-state index in [4.69, 9.17) is 4.74 Å². The highest BCUT2D eigenvalue weighted by atomic mass is 16.5. The van der Waals surface area contributed by atoms with Crippen LogP contribution in [0.5, 0.6) is 0 Å². The van der Waals surface area contributed by atoms with Gasteiger partial charge in [0.05, 0.1) is 6.61 Å². The molecule has 4 heteroatoms. The normalized spacial score (nSPS) is 32.0. The van der Waals surface area contributed by atoms with Gasteiger partial charge < -0.3 is 9.64 Å². The van der Waals surface area contributed by atoms with Gasteiger partial charge in [-0.2, -0.15) is 0 Å². The van der Waals surface area contributed by atoms with E-state index in [1.54, 1.807) is 0 Å². The zero-order valence-electron chi connectivity index (χ0n) is 11.1. The molecule has 3 heterocycles. The minimum absolute atomic E-state index is 0.00740. The van der Waals surface area contributed by atoms with Crippen LogP contribution in [-0.2, 0) is 9.53 Å². The average molecular weight is 252 g/mol. The highest BCUT2D eigenvalue weighted by Crippen LogP contribution is 2.24. The van der Waals surface area contributed by atoms with E-state index >= 15 is 0 Å². The fourth-order valence-electron chi connectivity index (χ4n) is 3.59. The summed E-state index contributed by atoms with van der Waals surface area (Å²) in [6.45, 7) is 6.67. The van der Waals surface area contributed by atoms with Gasteiger partial charge in [0.2, 0.25) is 0 Å². The summed E-state index contributed by atoms with van der Waals surface area (Å²) in [6.07, 6.45) is 6.16. The molecule has 3 aliphatic rings. The summed E-state index contributed by atoms with van der Waals surface area (Å²) >= 11 is 0. The van der Waals surface area contributed by atoms with Crippen molar-refractivity contribution in [3.8, 4) is 0 Å². The van der Waals surface area contributed by atoms with Crippen LogP contribution in [0.1, 0.15) is 32.1 Å². The number of nitrogens with zero attached hydrogens (tertiary/aromatic N) is 2. The number of esters is 1. The third kappa shape index (κ3) is 2.69. The van der Waals surface area contributed by atoms with Crippen LogP contribution in [-0.4, -0.2) is 61.1 Å². The summed E-state index contributed by atoms with van der Waals surface area (Å²) in [6, 6.07) is 0.0673.